The summed E-state index contributed by atoms with van der Waals surface area (Å²) in [4.78, 5) is 29.2. The van der Waals surface area contributed by atoms with Gasteiger partial charge in [0.1, 0.15) is 11.9 Å². The second-order valence-corrected chi connectivity index (χ2v) is 7.47. The van der Waals surface area contributed by atoms with Gasteiger partial charge in [0, 0.05) is 5.56 Å². The Morgan fingerprint density at radius 3 is 2.25 bits per heavy atom. The average molecular weight is 442 g/mol. The summed E-state index contributed by atoms with van der Waals surface area (Å²) in [6.45, 7) is 1.69. The summed E-state index contributed by atoms with van der Waals surface area (Å²) in [6.07, 6.45) is -4.59. The van der Waals surface area contributed by atoms with Crippen molar-refractivity contribution in [1.29, 1.82) is 0 Å². The highest BCUT2D eigenvalue weighted by molar-refractivity contribution is 6.17. The van der Waals surface area contributed by atoms with Crippen molar-refractivity contribution in [3.05, 3.63) is 95.3 Å². The summed E-state index contributed by atoms with van der Waals surface area (Å²) in [7, 11) is 0. The summed E-state index contributed by atoms with van der Waals surface area (Å²) in [5.74, 6) is -1.50. The first-order valence-corrected chi connectivity index (χ1v) is 9.82. The molecule has 1 atom stereocenters. The van der Waals surface area contributed by atoms with Gasteiger partial charge < -0.3 is 4.90 Å². The number of fused-ring (bicyclic) bond motifs is 1. The predicted octanol–water partition coefficient (Wildman–Crippen LogP) is 5.43. The van der Waals surface area contributed by atoms with Crippen LogP contribution in [0, 0.1) is 5.82 Å². The highest BCUT2D eigenvalue weighted by Gasteiger charge is 2.39. The van der Waals surface area contributed by atoms with Crippen LogP contribution in [0.4, 0.5) is 28.9 Å². The topological polar surface area (TPSA) is 40.6 Å². The van der Waals surface area contributed by atoms with Gasteiger partial charge in [0.25, 0.3) is 5.91 Å². The monoisotopic (exact) mass is 442 g/mol. The van der Waals surface area contributed by atoms with E-state index in [-0.39, 0.29) is 12.1 Å². The third kappa shape index (κ3) is 3.95. The van der Waals surface area contributed by atoms with Crippen LogP contribution in [0.1, 0.15) is 28.4 Å². The Bertz CT molecular complexity index is 1180. The number of para-hydroxylation sites is 2. The van der Waals surface area contributed by atoms with E-state index >= 15 is 0 Å². The zero-order valence-corrected chi connectivity index (χ0v) is 16.9. The lowest BCUT2D eigenvalue weighted by atomic mass is 10.0. The van der Waals surface area contributed by atoms with E-state index in [1.807, 2.05) is 0 Å². The van der Waals surface area contributed by atoms with E-state index in [0.29, 0.717) is 16.9 Å². The van der Waals surface area contributed by atoms with Crippen LogP contribution in [0.15, 0.2) is 72.8 Å². The van der Waals surface area contributed by atoms with Gasteiger partial charge >= 0.3 is 6.18 Å². The number of anilines is 2. The predicted molar refractivity (Wildman–Crippen MR) is 112 cm³/mol. The zero-order chi connectivity index (χ0) is 23.0. The summed E-state index contributed by atoms with van der Waals surface area (Å²) in [6, 6.07) is 15.6. The summed E-state index contributed by atoms with van der Waals surface area (Å²) in [5, 5.41) is 0. The number of carbonyl (C=O) groups excluding carboxylic acids is 2. The van der Waals surface area contributed by atoms with Crippen molar-refractivity contribution >= 4 is 23.2 Å². The van der Waals surface area contributed by atoms with E-state index in [2.05, 4.69) is 0 Å². The molecule has 8 heteroatoms. The molecule has 32 heavy (non-hydrogen) atoms. The first-order valence-electron chi connectivity index (χ1n) is 9.82. The molecule has 0 fully saturated rings. The van der Waals surface area contributed by atoms with Crippen molar-refractivity contribution in [3.8, 4) is 0 Å². The van der Waals surface area contributed by atoms with Gasteiger partial charge in [-0.1, -0.05) is 30.3 Å². The van der Waals surface area contributed by atoms with E-state index in [4.69, 9.17) is 0 Å². The fourth-order valence-corrected chi connectivity index (χ4v) is 3.75. The third-order valence-electron chi connectivity index (χ3n) is 5.35. The Morgan fingerprint density at radius 1 is 0.938 bits per heavy atom. The van der Waals surface area contributed by atoms with E-state index < -0.39 is 35.4 Å². The van der Waals surface area contributed by atoms with Gasteiger partial charge in [-0.2, -0.15) is 13.2 Å². The zero-order valence-electron chi connectivity index (χ0n) is 16.9. The van der Waals surface area contributed by atoms with Crippen LogP contribution in [0.3, 0.4) is 0 Å². The maximum Gasteiger partial charge on any atom is 0.416 e. The van der Waals surface area contributed by atoms with Gasteiger partial charge in [0.05, 0.1) is 23.5 Å². The molecule has 0 radical (unpaired) electrons. The molecule has 0 aliphatic carbocycles. The number of hydrogen-bond acceptors (Lipinski definition) is 2. The molecule has 0 unspecified atom stereocenters. The average Bonchev–Trinajstić information content (AvgIpc) is 2.77. The van der Waals surface area contributed by atoms with Crippen molar-refractivity contribution in [3.63, 3.8) is 0 Å². The Balaban J connectivity index is 1.73. The van der Waals surface area contributed by atoms with Gasteiger partial charge in [0.2, 0.25) is 5.91 Å². The summed E-state index contributed by atoms with van der Waals surface area (Å²) < 4.78 is 52.6. The Kier molecular flexibility index (Phi) is 5.46. The lowest BCUT2D eigenvalue weighted by Crippen LogP contribution is -2.54. The molecule has 3 aromatic carbocycles. The van der Waals surface area contributed by atoms with E-state index in [9.17, 15) is 27.2 Å². The number of rotatable bonds is 3. The molecule has 0 N–H and O–H groups in total. The number of halogens is 4. The summed E-state index contributed by atoms with van der Waals surface area (Å²) in [5.41, 5.74) is 0.440. The van der Waals surface area contributed by atoms with Crippen LogP contribution in [-0.2, 0) is 17.5 Å². The Morgan fingerprint density at radius 2 is 1.59 bits per heavy atom. The van der Waals surface area contributed by atoms with Crippen molar-refractivity contribution in [2.45, 2.75) is 25.7 Å². The molecule has 4 nitrogen and oxygen atoms in total. The molecule has 0 spiro atoms. The molecule has 0 saturated carbocycles. The molecule has 1 aliphatic heterocycles. The van der Waals surface area contributed by atoms with Crippen LogP contribution in [0.25, 0.3) is 0 Å². The molecule has 164 valence electrons. The second kappa shape index (κ2) is 8.11. The number of amides is 2. The molecule has 0 saturated heterocycles. The van der Waals surface area contributed by atoms with Gasteiger partial charge in [-0.3, -0.25) is 14.5 Å². The molecule has 1 heterocycles. The standard InChI is InChI=1S/C24H18F4N2O2/c1-15-22(31)29(14-16-9-11-19(25)12-10-16)20-7-2-3-8-21(20)30(15)23(32)17-5-4-6-18(13-17)24(26,27)28/h2-13,15H,14H2,1H3/t15-/m1/s1. The minimum absolute atomic E-state index is 0.159. The maximum atomic E-state index is 13.3. The van der Waals surface area contributed by atoms with Crippen LogP contribution < -0.4 is 9.80 Å². The van der Waals surface area contributed by atoms with Crippen LogP contribution in [-0.4, -0.2) is 17.9 Å². The van der Waals surface area contributed by atoms with Crippen molar-refractivity contribution in [1.82, 2.24) is 0 Å². The summed E-state index contributed by atoms with van der Waals surface area (Å²) >= 11 is 0. The Labute approximate surface area is 181 Å². The van der Waals surface area contributed by atoms with Gasteiger partial charge in [-0.15, -0.1) is 0 Å². The molecular formula is C24H18F4N2O2. The first kappa shape index (κ1) is 21.5. The lowest BCUT2D eigenvalue weighted by Gasteiger charge is -2.40. The van der Waals surface area contributed by atoms with E-state index in [1.54, 1.807) is 36.4 Å². The lowest BCUT2D eigenvalue weighted by molar-refractivity contribution is -0.137. The maximum absolute atomic E-state index is 13.3. The number of nitrogens with zero attached hydrogens (tertiary/aromatic N) is 2. The molecule has 2 amide bonds. The molecule has 4 rings (SSSR count). The number of alkyl halides is 3. The van der Waals surface area contributed by atoms with Crippen LogP contribution in [0.5, 0.6) is 0 Å². The minimum atomic E-state index is -4.59. The number of hydrogen-bond donors (Lipinski definition) is 0. The highest BCUT2D eigenvalue weighted by atomic mass is 19.4. The van der Waals surface area contributed by atoms with E-state index in [0.717, 1.165) is 12.1 Å². The first-order chi connectivity index (χ1) is 15.2. The minimum Gasteiger partial charge on any atom is -0.304 e. The fourth-order valence-electron chi connectivity index (χ4n) is 3.75. The Hall–Kier alpha value is -3.68. The third-order valence-corrected chi connectivity index (χ3v) is 5.35. The van der Waals surface area contributed by atoms with Crippen molar-refractivity contribution in [2.75, 3.05) is 9.80 Å². The molecule has 3 aromatic rings. The van der Waals surface area contributed by atoms with Gasteiger partial charge in [0.15, 0.2) is 0 Å². The fraction of sp³-hybridized carbons (Fsp3) is 0.167. The van der Waals surface area contributed by atoms with Crippen molar-refractivity contribution < 1.29 is 27.2 Å². The SMILES string of the molecule is C[C@@H]1C(=O)N(Cc2ccc(F)cc2)c2ccccc2N1C(=O)c1cccc(C(F)(F)F)c1. The quantitative estimate of drug-likeness (QED) is 0.508. The van der Waals surface area contributed by atoms with Crippen LogP contribution in [0.2, 0.25) is 0 Å². The normalized spacial score (nSPS) is 16.2. The van der Waals surface area contributed by atoms with Crippen molar-refractivity contribution in [2.24, 2.45) is 0 Å². The molecule has 1 aliphatic rings. The smallest absolute Gasteiger partial charge is 0.304 e. The molecular weight excluding hydrogens is 424 g/mol. The molecule has 0 aromatic heterocycles. The highest BCUT2D eigenvalue weighted by Crippen LogP contribution is 2.38. The van der Waals surface area contributed by atoms with Crippen LogP contribution >= 0.6 is 0 Å². The molecule has 0 bridgehead atoms. The number of carbonyl (C=O) groups is 2. The van der Waals surface area contributed by atoms with Gasteiger partial charge in [-0.25, -0.2) is 4.39 Å². The number of benzene rings is 3. The van der Waals surface area contributed by atoms with E-state index in [1.165, 1.54) is 41.0 Å². The largest absolute Gasteiger partial charge is 0.416 e. The van der Waals surface area contributed by atoms with Gasteiger partial charge in [-0.05, 0) is 55.0 Å². The second-order valence-electron chi connectivity index (χ2n) is 7.47.